The first-order valence-electron chi connectivity index (χ1n) is 6.65. The van der Waals surface area contributed by atoms with E-state index in [4.69, 9.17) is 0 Å². The molecule has 2 rings (SSSR count). The van der Waals surface area contributed by atoms with Gasteiger partial charge in [-0.25, -0.2) is 4.39 Å². The van der Waals surface area contributed by atoms with E-state index in [0.29, 0.717) is 18.5 Å². The Bertz CT molecular complexity index is 470. The molecule has 19 heavy (non-hydrogen) atoms. The Hall–Kier alpha value is -1.71. The Labute approximate surface area is 112 Å². The standard InChI is InChI=1S/C15H18FNO2/c1-11-3-2-9-17(15(11)19)10-8-14(18)12-4-6-13(16)7-5-12/h4-7,11H,2-3,8-10H2,1H3. The highest BCUT2D eigenvalue weighted by atomic mass is 19.1. The predicted octanol–water partition coefficient (Wildman–Crippen LogP) is 2.66. The zero-order valence-corrected chi connectivity index (χ0v) is 11.1. The number of carbonyl (C=O) groups is 2. The Kier molecular flexibility index (Phi) is 4.30. The predicted molar refractivity (Wildman–Crippen MR) is 70.3 cm³/mol. The van der Waals surface area contributed by atoms with Crippen LogP contribution in [0.5, 0.6) is 0 Å². The lowest BCUT2D eigenvalue weighted by Gasteiger charge is -2.30. The summed E-state index contributed by atoms with van der Waals surface area (Å²) in [5.41, 5.74) is 0.499. The summed E-state index contributed by atoms with van der Waals surface area (Å²) in [6.07, 6.45) is 2.23. The number of halogens is 1. The summed E-state index contributed by atoms with van der Waals surface area (Å²) < 4.78 is 12.8. The first kappa shape index (κ1) is 13.7. The van der Waals surface area contributed by atoms with E-state index in [9.17, 15) is 14.0 Å². The number of hydrogen-bond acceptors (Lipinski definition) is 2. The van der Waals surface area contributed by atoms with Crippen molar-refractivity contribution in [1.82, 2.24) is 4.90 Å². The van der Waals surface area contributed by atoms with Crippen molar-refractivity contribution in [1.29, 1.82) is 0 Å². The average molecular weight is 263 g/mol. The fraction of sp³-hybridized carbons (Fsp3) is 0.467. The summed E-state index contributed by atoms with van der Waals surface area (Å²) in [7, 11) is 0. The maximum Gasteiger partial charge on any atom is 0.225 e. The molecule has 0 spiro atoms. The van der Waals surface area contributed by atoms with Crippen LogP contribution in [-0.4, -0.2) is 29.7 Å². The molecule has 1 aliphatic rings. The van der Waals surface area contributed by atoms with Crippen LogP contribution in [0.25, 0.3) is 0 Å². The topological polar surface area (TPSA) is 37.4 Å². The lowest BCUT2D eigenvalue weighted by Crippen LogP contribution is -2.41. The number of Topliss-reactive ketones (excluding diaryl/α,β-unsaturated/α-hetero) is 1. The third kappa shape index (κ3) is 3.40. The molecule has 4 heteroatoms. The van der Waals surface area contributed by atoms with E-state index in [1.54, 1.807) is 4.90 Å². The van der Waals surface area contributed by atoms with E-state index >= 15 is 0 Å². The number of carbonyl (C=O) groups excluding carboxylic acids is 2. The van der Waals surface area contributed by atoms with Crippen LogP contribution >= 0.6 is 0 Å². The summed E-state index contributed by atoms with van der Waals surface area (Å²) in [6, 6.07) is 5.53. The van der Waals surface area contributed by atoms with Crippen molar-refractivity contribution in [3.8, 4) is 0 Å². The minimum absolute atomic E-state index is 0.0500. The Morgan fingerprint density at radius 2 is 2.05 bits per heavy atom. The van der Waals surface area contributed by atoms with Crippen molar-refractivity contribution in [2.24, 2.45) is 5.92 Å². The van der Waals surface area contributed by atoms with Gasteiger partial charge in [-0.3, -0.25) is 9.59 Å². The maximum atomic E-state index is 12.8. The molecule has 0 aliphatic carbocycles. The summed E-state index contributed by atoms with van der Waals surface area (Å²) >= 11 is 0. The van der Waals surface area contributed by atoms with E-state index in [2.05, 4.69) is 0 Å². The zero-order valence-electron chi connectivity index (χ0n) is 11.1. The number of benzene rings is 1. The van der Waals surface area contributed by atoms with Gasteiger partial charge in [-0.2, -0.15) is 0 Å². The lowest BCUT2D eigenvalue weighted by molar-refractivity contribution is -0.137. The Morgan fingerprint density at radius 1 is 1.37 bits per heavy atom. The molecule has 0 bridgehead atoms. The van der Waals surface area contributed by atoms with Crippen LogP contribution in [0.4, 0.5) is 4.39 Å². The third-order valence-corrected chi connectivity index (χ3v) is 3.57. The minimum atomic E-state index is -0.350. The molecule has 3 nitrogen and oxygen atoms in total. The van der Waals surface area contributed by atoms with Gasteiger partial charge in [-0.05, 0) is 37.1 Å². The highest BCUT2D eigenvalue weighted by molar-refractivity contribution is 5.96. The van der Waals surface area contributed by atoms with Crippen molar-refractivity contribution in [2.45, 2.75) is 26.2 Å². The smallest absolute Gasteiger partial charge is 0.225 e. The van der Waals surface area contributed by atoms with Gasteiger partial charge in [-0.15, -0.1) is 0 Å². The van der Waals surface area contributed by atoms with Gasteiger partial charge >= 0.3 is 0 Å². The number of rotatable bonds is 4. The first-order valence-corrected chi connectivity index (χ1v) is 6.65. The normalized spacial score (nSPS) is 19.6. The molecule has 1 heterocycles. The van der Waals surface area contributed by atoms with Crippen LogP contribution in [0, 0.1) is 11.7 Å². The first-order chi connectivity index (χ1) is 9.08. The average Bonchev–Trinajstić information content (AvgIpc) is 2.41. The number of piperidine rings is 1. The van der Waals surface area contributed by atoms with E-state index in [0.717, 1.165) is 19.4 Å². The van der Waals surface area contributed by atoms with Gasteiger partial charge in [0.05, 0.1) is 0 Å². The van der Waals surface area contributed by atoms with E-state index in [1.165, 1.54) is 24.3 Å². The second-order valence-electron chi connectivity index (χ2n) is 5.05. The molecule has 1 fully saturated rings. The van der Waals surface area contributed by atoms with Crippen molar-refractivity contribution in [3.63, 3.8) is 0 Å². The van der Waals surface area contributed by atoms with Crippen molar-refractivity contribution in [2.75, 3.05) is 13.1 Å². The fourth-order valence-corrected chi connectivity index (χ4v) is 2.37. The molecule has 1 atom stereocenters. The molecule has 0 saturated carbocycles. The van der Waals surface area contributed by atoms with E-state index < -0.39 is 0 Å². The maximum absolute atomic E-state index is 12.8. The second kappa shape index (κ2) is 5.95. The van der Waals surface area contributed by atoms with Gasteiger partial charge in [0.2, 0.25) is 5.91 Å². The fourth-order valence-electron chi connectivity index (χ4n) is 2.37. The largest absolute Gasteiger partial charge is 0.342 e. The number of ketones is 1. The van der Waals surface area contributed by atoms with Gasteiger partial charge in [0.25, 0.3) is 0 Å². The van der Waals surface area contributed by atoms with E-state index in [1.807, 2.05) is 6.92 Å². The van der Waals surface area contributed by atoms with Crippen molar-refractivity contribution < 1.29 is 14.0 Å². The van der Waals surface area contributed by atoms with Crippen molar-refractivity contribution in [3.05, 3.63) is 35.6 Å². The number of likely N-dealkylation sites (tertiary alicyclic amines) is 1. The molecule has 1 saturated heterocycles. The quantitative estimate of drug-likeness (QED) is 0.783. The number of amides is 1. The van der Waals surface area contributed by atoms with E-state index in [-0.39, 0.29) is 23.4 Å². The minimum Gasteiger partial charge on any atom is -0.342 e. The van der Waals surface area contributed by atoms with Gasteiger partial charge < -0.3 is 4.90 Å². The molecule has 0 aromatic heterocycles. The third-order valence-electron chi connectivity index (χ3n) is 3.57. The summed E-state index contributed by atoms with van der Waals surface area (Å²) in [4.78, 5) is 25.6. The van der Waals surface area contributed by atoms with Crippen molar-refractivity contribution >= 4 is 11.7 Å². The molecule has 102 valence electrons. The molecule has 0 N–H and O–H groups in total. The van der Waals surface area contributed by atoms with Gasteiger partial charge in [0.15, 0.2) is 5.78 Å². The monoisotopic (exact) mass is 263 g/mol. The number of nitrogens with zero attached hydrogens (tertiary/aromatic N) is 1. The van der Waals surface area contributed by atoms with Crippen LogP contribution in [-0.2, 0) is 4.79 Å². The van der Waals surface area contributed by atoms with Crippen LogP contribution < -0.4 is 0 Å². The highest BCUT2D eigenvalue weighted by Gasteiger charge is 2.25. The van der Waals surface area contributed by atoms with Crippen LogP contribution in [0.1, 0.15) is 36.5 Å². The second-order valence-corrected chi connectivity index (χ2v) is 5.05. The summed E-state index contributed by atoms with van der Waals surface area (Å²) in [6.45, 7) is 3.12. The van der Waals surface area contributed by atoms with Crippen LogP contribution in [0.2, 0.25) is 0 Å². The highest BCUT2D eigenvalue weighted by Crippen LogP contribution is 2.17. The molecule has 1 unspecified atom stereocenters. The molecule has 0 radical (unpaired) electrons. The Balaban J connectivity index is 1.89. The van der Waals surface area contributed by atoms with Gasteiger partial charge in [-0.1, -0.05) is 6.92 Å². The Morgan fingerprint density at radius 3 is 2.74 bits per heavy atom. The van der Waals surface area contributed by atoms with Crippen LogP contribution in [0.15, 0.2) is 24.3 Å². The van der Waals surface area contributed by atoms with Crippen LogP contribution in [0.3, 0.4) is 0 Å². The zero-order chi connectivity index (χ0) is 13.8. The molecule has 1 aromatic carbocycles. The van der Waals surface area contributed by atoms with Gasteiger partial charge in [0, 0.05) is 31.0 Å². The lowest BCUT2D eigenvalue weighted by atomic mass is 9.98. The van der Waals surface area contributed by atoms with Gasteiger partial charge in [0.1, 0.15) is 5.82 Å². The number of hydrogen-bond donors (Lipinski definition) is 0. The summed E-state index contributed by atoms with van der Waals surface area (Å²) in [5.74, 6) is -0.199. The summed E-state index contributed by atoms with van der Waals surface area (Å²) in [5, 5.41) is 0. The SMILES string of the molecule is CC1CCCN(CCC(=O)c2ccc(F)cc2)C1=O. The molecule has 1 aliphatic heterocycles. The molecule has 1 amide bonds. The molecular formula is C15H18FNO2. The molecular weight excluding hydrogens is 245 g/mol. The molecule has 1 aromatic rings.